The fourth-order valence-electron chi connectivity index (χ4n) is 5.87. The lowest BCUT2D eigenvalue weighted by Gasteiger charge is -2.31. The number of Topliss-reactive ketones (excluding diaryl/α,β-unsaturated/α-hetero) is 1. The van der Waals surface area contributed by atoms with Gasteiger partial charge < -0.3 is 29.2 Å². The Balaban J connectivity index is 1.66. The predicted octanol–water partition coefficient (Wildman–Crippen LogP) is 4.52. The van der Waals surface area contributed by atoms with Gasteiger partial charge in [-0.1, -0.05) is 45.8 Å². The van der Waals surface area contributed by atoms with Crippen LogP contribution in [0.1, 0.15) is 90.2 Å². The van der Waals surface area contributed by atoms with Crippen LogP contribution in [0.25, 0.3) is 11.1 Å². The van der Waals surface area contributed by atoms with Crippen molar-refractivity contribution in [2.45, 2.75) is 103 Å². The van der Waals surface area contributed by atoms with Gasteiger partial charge in [-0.25, -0.2) is 4.98 Å². The van der Waals surface area contributed by atoms with Crippen LogP contribution >= 0.6 is 0 Å². The number of oxazole rings is 1. The van der Waals surface area contributed by atoms with Crippen molar-refractivity contribution in [2.75, 3.05) is 0 Å². The van der Waals surface area contributed by atoms with Crippen molar-refractivity contribution in [3.63, 3.8) is 0 Å². The molecule has 2 fully saturated rings. The van der Waals surface area contributed by atoms with Crippen LogP contribution in [0.4, 0.5) is 0 Å². The van der Waals surface area contributed by atoms with Crippen LogP contribution in [0.2, 0.25) is 0 Å². The van der Waals surface area contributed by atoms with Gasteiger partial charge in [0, 0.05) is 17.8 Å². The Morgan fingerprint density at radius 1 is 1.21 bits per heavy atom. The van der Waals surface area contributed by atoms with E-state index < -0.39 is 35.0 Å². The van der Waals surface area contributed by atoms with Crippen LogP contribution < -0.4 is 0 Å². The molecule has 0 saturated carbocycles. The molecule has 0 spiro atoms. The topological polar surface area (TPSA) is 143 Å². The van der Waals surface area contributed by atoms with E-state index in [0.29, 0.717) is 35.9 Å². The van der Waals surface area contributed by atoms with Crippen LogP contribution in [-0.4, -0.2) is 49.5 Å². The van der Waals surface area contributed by atoms with Gasteiger partial charge in [-0.3, -0.25) is 9.59 Å². The molecule has 3 heterocycles. The predicted molar refractivity (Wildman–Crippen MR) is 143 cm³/mol. The second-order valence-electron chi connectivity index (χ2n) is 12.1. The SMILES string of the molecule is C=CCC1CC(C)CCCC2(C)OC2(O)C(O)C(c2ccc3oc(CO)nc3c2)OC(=O)CCC(C)(C)C1=O. The number of benzene rings is 1. The number of aliphatic hydroxyl groups is 3. The Bertz CT molecular complexity index is 1220. The molecule has 2 aromatic rings. The quantitative estimate of drug-likeness (QED) is 0.288. The van der Waals surface area contributed by atoms with E-state index in [2.05, 4.69) is 18.5 Å². The minimum Gasteiger partial charge on any atom is -0.454 e. The molecule has 39 heavy (non-hydrogen) atoms. The third-order valence-corrected chi connectivity index (χ3v) is 8.44. The summed E-state index contributed by atoms with van der Waals surface area (Å²) >= 11 is 0. The van der Waals surface area contributed by atoms with Crippen molar-refractivity contribution in [3.8, 4) is 0 Å². The van der Waals surface area contributed by atoms with Gasteiger partial charge in [-0.05, 0) is 56.2 Å². The molecule has 0 bridgehead atoms. The van der Waals surface area contributed by atoms with E-state index >= 15 is 0 Å². The van der Waals surface area contributed by atoms with E-state index in [9.17, 15) is 24.9 Å². The van der Waals surface area contributed by atoms with Gasteiger partial charge in [0.25, 0.3) is 0 Å². The zero-order valence-electron chi connectivity index (χ0n) is 23.3. The lowest BCUT2D eigenvalue weighted by Crippen LogP contribution is -2.42. The minimum absolute atomic E-state index is 0.0459. The Hall–Kier alpha value is -2.59. The number of hydrogen-bond acceptors (Lipinski definition) is 9. The summed E-state index contributed by atoms with van der Waals surface area (Å²) in [6.07, 6.45) is 2.50. The van der Waals surface area contributed by atoms with E-state index in [1.54, 1.807) is 31.2 Å². The summed E-state index contributed by atoms with van der Waals surface area (Å²) in [5.41, 5.74) is -0.551. The van der Waals surface area contributed by atoms with E-state index in [1.165, 1.54) is 0 Å². The van der Waals surface area contributed by atoms with E-state index in [0.717, 1.165) is 12.8 Å². The number of allylic oxidation sites excluding steroid dienone is 1. The smallest absolute Gasteiger partial charge is 0.306 e. The third-order valence-electron chi connectivity index (χ3n) is 8.44. The molecule has 9 heteroatoms. The zero-order chi connectivity index (χ0) is 28.6. The highest BCUT2D eigenvalue weighted by atomic mass is 16.8. The molecule has 3 N–H and O–H groups in total. The maximum absolute atomic E-state index is 13.5. The number of cyclic esters (lactones) is 1. The Kier molecular flexibility index (Phi) is 8.38. The van der Waals surface area contributed by atoms with Gasteiger partial charge in [0.15, 0.2) is 17.8 Å². The van der Waals surface area contributed by atoms with Gasteiger partial charge in [0.2, 0.25) is 11.7 Å². The normalized spacial score (nSPS) is 34.3. The van der Waals surface area contributed by atoms with Crippen LogP contribution in [-0.2, 0) is 25.7 Å². The molecule has 2 aliphatic rings. The maximum atomic E-state index is 13.5. The Labute approximate surface area is 229 Å². The number of carbonyl (C=O) groups excluding carboxylic acids is 2. The Morgan fingerprint density at radius 2 is 1.95 bits per heavy atom. The fourth-order valence-corrected chi connectivity index (χ4v) is 5.87. The van der Waals surface area contributed by atoms with Crippen molar-refractivity contribution in [1.29, 1.82) is 0 Å². The summed E-state index contributed by atoms with van der Waals surface area (Å²) in [5.74, 6) is -2.21. The van der Waals surface area contributed by atoms with Crippen LogP contribution in [0, 0.1) is 17.3 Å². The number of ketones is 1. The lowest BCUT2D eigenvalue weighted by atomic mass is 9.74. The van der Waals surface area contributed by atoms with Crippen molar-refractivity contribution in [3.05, 3.63) is 42.3 Å². The number of hydrogen-bond donors (Lipinski definition) is 3. The molecule has 2 saturated heterocycles. The van der Waals surface area contributed by atoms with Crippen molar-refractivity contribution in [2.24, 2.45) is 17.3 Å². The molecular formula is C30H41NO8. The van der Waals surface area contributed by atoms with E-state index in [-0.39, 0.29) is 43.0 Å². The highest BCUT2D eigenvalue weighted by Crippen LogP contribution is 2.54. The van der Waals surface area contributed by atoms with Crippen molar-refractivity contribution in [1.82, 2.24) is 4.98 Å². The first-order chi connectivity index (χ1) is 18.3. The molecule has 0 aliphatic carbocycles. The molecule has 6 atom stereocenters. The van der Waals surface area contributed by atoms with Gasteiger partial charge in [0.05, 0.1) is 0 Å². The molecule has 2 aliphatic heterocycles. The number of fused-ring (bicyclic) bond motifs is 2. The fraction of sp³-hybridized carbons (Fsp3) is 0.633. The van der Waals surface area contributed by atoms with Gasteiger partial charge in [-0.2, -0.15) is 0 Å². The highest BCUT2D eigenvalue weighted by molar-refractivity contribution is 5.87. The number of ether oxygens (including phenoxy) is 2. The number of aromatic nitrogens is 1. The first-order valence-electron chi connectivity index (χ1n) is 13.8. The van der Waals surface area contributed by atoms with E-state index in [1.807, 2.05) is 13.8 Å². The lowest BCUT2D eigenvalue weighted by molar-refractivity contribution is -0.171. The first kappa shape index (κ1) is 29.4. The molecule has 1 aromatic carbocycles. The third kappa shape index (κ3) is 5.96. The molecular weight excluding hydrogens is 502 g/mol. The second kappa shape index (κ2) is 11.1. The molecule has 0 amide bonds. The van der Waals surface area contributed by atoms with Gasteiger partial charge in [0.1, 0.15) is 23.5 Å². The number of epoxide rings is 1. The second-order valence-corrected chi connectivity index (χ2v) is 12.1. The van der Waals surface area contributed by atoms with Gasteiger partial charge in [-0.15, -0.1) is 6.58 Å². The molecule has 1 aromatic heterocycles. The summed E-state index contributed by atoms with van der Waals surface area (Å²) < 4.78 is 17.0. The van der Waals surface area contributed by atoms with Crippen molar-refractivity contribution >= 4 is 22.9 Å². The summed E-state index contributed by atoms with van der Waals surface area (Å²) in [5, 5.41) is 32.1. The number of rotatable bonds is 4. The summed E-state index contributed by atoms with van der Waals surface area (Å²) in [7, 11) is 0. The molecule has 4 rings (SSSR count). The van der Waals surface area contributed by atoms with Crippen LogP contribution in [0.5, 0.6) is 0 Å². The van der Waals surface area contributed by atoms with Crippen LogP contribution in [0.3, 0.4) is 0 Å². The first-order valence-corrected chi connectivity index (χ1v) is 13.8. The van der Waals surface area contributed by atoms with Gasteiger partial charge >= 0.3 is 5.97 Å². The summed E-state index contributed by atoms with van der Waals surface area (Å²) in [6, 6.07) is 4.82. The van der Waals surface area contributed by atoms with E-state index in [4.69, 9.17) is 13.9 Å². The average molecular weight is 544 g/mol. The average Bonchev–Trinajstić information content (AvgIpc) is 3.22. The molecule has 6 unspecified atom stereocenters. The maximum Gasteiger partial charge on any atom is 0.306 e. The summed E-state index contributed by atoms with van der Waals surface area (Å²) in [6.45, 7) is 11.0. The highest BCUT2D eigenvalue weighted by Gasteiger charge is 2.71. The number of nitrogens with zero attached hydrogens (tertiary/aromatic N) is 1. The number of carbonyl (C=O) groups is 2. The van der Waals surface area contributed by atoms with Crippen LogP contribution in [0.15, 0.2) is 35.3 Å². The minimum atomic E-state index is -1.91. The molecule has 214 valence electrons. The number of esters is 1. The Morgan fingerprint density at radius 3 is 2.64 bits per heavy atom. The molecule has 0 radical (unpaired) electrons. The van der Waals surface area contributed by atoms with Crippen molar-refractivity contribution < 1.29 is 38.8 Å². The zero-order valence-corrected chi connectivity index (χ0v) is 23.3. The largest absolute Gasteiger partial charge is 0.454 e. The number of aliphatic hydroxyl groups excluding tert-OH is 2. The summed E-state index contributed by atoms with van der Waals surface area (Å²) in [4.78, 5) is 30.9. The standard InChI is InChI=1S/C30H41NO8/c1-6-8-20-15-18(2)9-7-13-29(5)30(36,39-29)27(35)25(38-24(33)12-14-28(3,4)26(20)34)19-10-11-22-21(16-19)31-23(17-32)37-22/h6,10-11,16,18,20,25,27,32,35-36H,1,7-9,12-15,17H2,2-5H3. The molecule has 9 nitrogen and oxygen atoms in total. The monoisotopic (exact) mass is 543 g/mol.